The molecule has 2 aromatic carbocycles. The van der Waals surface area contributed by atoms with Crippen LogP contribution in [0.2, 0.25) is 0 Å². The van der Waals surface area contributed by atoms with Gasteiger partial charge >= 0.3 is 0 Å². The van der Waals surface area contributed by atoms with Crippen LogP contribution in [0.25, 0.3) is 0 Å². The van der Waals surface area contributed by atoms with Crippen LogP contribution in [0.1, 0.15) is 114 Å². The Morgan fingerprint density at radius 2 is 0.950 bits per heavy atom. The fourth-order valence-electron chi connectivity index (χ4n) is 7.05. The molecule has 40 heavy (non-hydrogen) atoms. The maximum Gasteiger partial charge on any atom is 0.122 e. The molecular formula is C36H58N2O2. The second kappa shape index (κ2) is 11.7. The molecule has 224 valence electrons. The molecular weight excluding hydrogens is 492 g/mol. The molecule has 0 amide bonds. The predicted octanol–water partition coefficient (Wildman–Crippen LogP) is 8.29. The summed E-state index contributed by atoms with van der Waals surface area (Å²) in [4.78, 5) is 5.36. The largest absolute Gasteiger partial charge is 0.507 e. The summed E-state index contributed by atoms with van der Waals surface area (Å²) in [6.45, 7) is 34.7. The fourth-order valence-corrected chi connectivity index (χ4v) is 7.05. The number of phenols is 2. The van der Waals surface area contributed by atoms with Crippen molar-refractivity contribution in [1.29, 1.82) is 0 Å². The van der Waals surface area contributed by atoms with Crippen molar-refractivity contribution in [3.63, 3.8) is 0 Å². The molecule has 0 spiro atoms. The quantitative estimate of drug-likeness (QED) is 0.380. The molecule has 2 atom stereocenters. The minimum atomic E-state index is -0.0945. The number of rotatable bonds is 6. The number of aromatic hydroxyl groups is 2. The highest BCUT2D eigenvalue weighted by atomic mass is 16.3. The van der Waals surface area contributed by atoms with Crippen molar-refractivity contribution >= 4 is 0 Å². The van der Waals surface area contributed by atoms with Crippen molar-refractivity contribution in [3.8, 4) is 11.5 Å². The zero-order chi connectivity index (χ0) is 30.5. The van der Waals surface area contributed by atoms with Gasteiger partial charge in [-0.15, -0.1) is 0 Å². The molecule has 1 fully saturated rings. The second-order valence-corrected chi connectivity index (χ2v) is 15.3. The maximum atomic E-state index is 11.2. The molecule has 1 saturated heterocycles. The SMILES string of the molecule is Cc1cc(C(C)(C)C)c(O)c(C)c1CN1CCN(Cc2c(C)cc(C(C)(C)C)c(O)c2C)C(C(C)C)C1C(C)C. The first-order valence-corrected chi connectivity index (χ1v) is 15.4. The lowest BCUT2D eigenvalue weighted by molar-refractivity contribution is -0.0314. The van der Waals surface area contributed by atoms with Crippen LogP contribution >= 0.6 is 0 Å². The Bertz CT molecular complexity index is 1120. The lowest BCUT2D eigenvalue weighted by atomic mass is 9.81. The predicted molar refractivity (Wildman–Crippen MR) is 171 cm³/mol. The first-order chi connectivity index (χ1) is 18.3. The number of nitrogens with zero attached hydrogens (tertiary/aromatic N) is 2. The van der Waals surface area contributed by atoms with E-state index in [1.54, 1.807) is 0 Å². The monoisotopic (exact) mass is 550 g/mol. The van der Waals surface area contributed by atoms with Gasteiger partial charge in [-0.3, -0.25) is 9.80 Å². The van der Waals surface area contributed by atoms with Crippen LogP contribution in [0.3, 0.4) is 0 Å². The van der Waals surface area contributed by atoms with E-state index in [2.05, 4.69) is 119 Å². The topological polar surface area (TPSA) is 46.9 Å². The summed E-state index contributed by atoms with van der Waals surface area (Å²) in [6.07, 6.45) is 0. The average Bonchev–Trinajstić information content (AvgIpc) is 2.82. The van der Waals surface area contributed by atoms with Crippen LogP contribution in [0, 0.1) is 39.5 Å². The van der Waals surface area contributed by atoms with Crippen molar-refractivity contribution in [3.05, 3.63) is 56.6 Å². The van der Waals surface area contributed by atoms with Crippen LogP contribution in [0.4, 0.5) is 0 Å². The van der Waals surface area contributed by atoms with Crippen molar-refractivity contribution in [2.45, 2.75) is 133 Å². The molecule has 1 aliphatic rings. The van der Waals surface area contributed by atoms with E-state index in [1.165, 1.54) is 22.3 Å². The van der Waals surface area contributed by atoms with E-state index in [9.17, 15) is 10.2 Å². The third kappa shape index (κ3) is 6.39. The third-order valence-corrected chi connectivity index (χ3v) is 9.37. The molecule has 0 bridgehead atoms. The first kappa shape index (κ1) is 32.5. The van der Waals surface area contributed by atoms with Crippen LogP contribution in [-0.2, 0) is 23.9 Å². The van der Waals surface area contributed by atoms with E-state index < -0.39 is 0 Å². The van der Waals surface area contributed by atoms with E-state index in [-0.39, 0.29) is 10.8 Å². The first-order valence-electron chi connectivity index (χ1n) is 15.4. The standard InChI is InChI=1S/C36H58N2O2/c1-21(2)31-32(22(3)4)38(20-28-24(6)18-30(36(12,13)14)34(40)26(28)8)16-15-37(31)19-27-23(5)17-29(35(9,10)11)33(39)25(27)7/h17-18,21-22,31-32,39-40H,15-16,19-20H2,1-14H3. The number of benzene rings is 2. The van der Waals surface area contributed by atoms with Gasteiger partial charge in [0.05, 0.1) is 0 Å². The minimum Gasteiger partial charge on any atom is -0.507 e. The number of hydrogen-bond donors (Lipinski definition) is 2. The smallest absolute Gasteiger partial charge is 0.122 e. The van der Waals surface area contributed by atoms with Gasteiger partial charge < -0.3 is 10.2 Å². The van der Waals surface area contributed by atoms with E-state index in [1.807, 2.05) is 0 Å². The van der Waals surface area contributed by atoms with Gasteiger partial charge in [-0.2, -0.15) is 0 Å². The van der Waals surface area contributed by atoms with E-state index in [0.717, 1.165) is 48.4 Å². The lowest BCUT2D eigenvalue weighted by Gasteiger charge is -2.52. The Balaban J connectivity index is 1.98. The highest BCUT2D eigenvalue weighted by molar-refractivity contribution is 5.52. The molecule has 0 radical (unpaired) electrons. The van der Waals surface area contributed by atoms with Gasteiger partial charge in [0.25, 0.3) is 0 Å². The van der Waals surface area contributed by atoms with Crippen LogP contribution in [0.15, 0.2) is 12.1 Å². The molecule has 0 saturated carbocycles. The number of hydrogen-bond acceptors (Lipinski definition) is 4. The Morgan fingerprint density at radius 1 is 0.650 bits per heavy atom. The molecule has 1 heterocycles. The molecule has 0 aromatic heterocycles. The Morgan fingerprint density at radius 3 is 1.20 bits per heavy atom. The van der Waals surface area contributed by atoms with Gasteiger partial charge in [-0.05, 0) is 94.9 Å². The number of piperazine rings is 1. The molecule has 2 unspecified atom stereocenters. The van der Waals surface area contributed by atoms with Gasteiger partial charge in [0.1, 0.15) is 11.5 Å². The van der Waals surface area contributed by atoms with Crippen molar-refractivity contribution in [2.24, 2.45) is 11.8 Å². The normalized spacial score (nSPS) is 19.7. The summed E-state index contributed by atoms with van der Waals surface area (Å²) in [6, 6.07) is 5.19. The Kier molecular flexibility index (Phi) is 9.48. The second-order valence-electron chi connectivity index (χ2n) is 15.3. The Labute approximate surface area is 245 Å². The highest BCUT2D eigenvalue weighted by Gasteiger charge is 2.40. The van der Waals surface area contributed by atoms with Gasteiger partial charge in [-0.25, -0.2) is 0 Å². The van der Waals surface area contributed by atoms with Crippen molar-refractivity contribution in [2.75, 3.05) is 13.1 Å². The molecule has 2 N–H and O–H groups in total. The third-order valence-electron chi connectivity index (χ3n) is 9.37. The highest BCUT2D eigenvalue weighted by Crippen LogP contribution is 2.40. The zero-order valence-electron chi connectivity index (χ0n) is 28.1. The Hall–Kier alpha value is -2.04. The number of phenolic OH excluding ortho intramolecular Hbond substituents is 2. The lowest BCUT2D eigenvalue weighted by Crippen LogP contribution is -2.62. The van der Waals surface area contributed by atoms with Gasteiger partial charge in [-0.1, -0.05) is 81.4 Å². The molecule has 0 aliphatic carbocycles. The summed E-state index contributed by atoms with van der Waals surface area (Å²) >= 11 is 0. The average molecular weight is 551 g/mol. The maximum absolute atomic E-state index is 11.2. The van der Waals surface area contributed by atoms with Crippen LogP contribution in [0.5, 0.6) is 11.5 Å². The van der Waals surface area contributed by atoms with Gasteiger partial charge in [0.15, 0.2) is 0 Å². The van der Waals surface area contributed by atoms with E-state index in [4.69, 9.17) is 0 Å². The summed E-state index contributed by atoms with van der Waals surface area (Å²) in [7, 11) is 0. The number of aryl methyl sites for hydroxylation is 2. The molecule has 3 rings (SSSR count). The summed E-state index contributed by atoms with van der Waals surface area (Å²) in [5.41, 5.74) is 8.99. The van der Waals surface area contributed by atoms with Crippen LogP contribution in [-0.4, -0.2) is 45.2 Å². The van der Waals surface area contributed by atoms with E-state index in [0.29, 0.717) is 35.4 Å². The van der Waals surface area contributed by atoms with Crippen LogP contribution < -0.4 is 0 Å². The molecule has 2 aromatic rings. The van der Waals surface area contributed by atoms with Crippen molar-refractivity contribution < 1.29 is 10.2 Å². The van der Waals surface area contributed by atoms with Gasteiger partial charge in [0, 0.05) is 38.3 Å². The summed E-state index contributed by atoms with van der Waals surface area (Å²) < 4.78 is 0. The van der Waals surface area contributed by atoms with E-state index >= 15 is 0 Å². The zero-order valence-corrected chi connectivity index (χ0v) is 28.1. The molecule has 4 nitrogen and oxygen atoms in total. The van der Waals surface area contributed by atoms with Gasteiger partial charge in [0.2, 0.25) is 0 Å². The summed E-state index contributed by atoms with van der Waals surface area (Å²) in [5, 5.41) is 22.4. The molecule has 1 aliphatic heterocycles. The summed E-state index contributed by atoms with van der Waals surface area (Å²) in [5.74, 6) is 1.88. The minimum absolute atomic E-state index is 0.0945. The van der Waals surface area contributed by atoms with Crippen molar-refractivity contribution in [1.82, 2.24) is 9.80 Å². The fraction of sp³-hybridized carbons (Fsp3) is 0.667. The molecule has 4 heteroatoms.